The van der Waals surface area contributed by atoms with Gasteiger partial charge in [0.05, 0.1) is 24.9 Å². The fraction of sp³-hybridized carbons (Fsp3) is 0.929. The Balaban J connectivity index is 4.19. The van der Waals surface area contributed by atoms with Crippen LogP contribution in [-0.4, -0.2) is 37.0 Å². The first-order valence-electron chi connectivity index (χ1n) is 6.75. The van der Waals surface area contributed by atoms with Crippen LogP contribution in [0.15, 0.2) is 0 Å². The van der Waals surface area contributed by atoms with Crippen LogP contribution in [0.3, 0.4) is 0 Å². The van der Waals surface area contributed by atoms with Crippen molar-refractivity contribution in [3.8, 4) is 6.07 Å². The Kier molecular flexibility index (Phi) is 8.17. The standard InChI is InChI=1S/C14H28N2O2/c1-7-17-9-13(5)18-12(4)8-14(6,10-15)16-11(2)3/h11-13,16H,7-9H2,1-6H3. The summed E-state index contributed by atoms with van der Waals surface area (Å²) in [6.45, 7) is 13.3. The molecule has 0 amide bonds. The summed E-state index contributed by atoms with van der Waals surface area (Å²) in [6.07, 6.45) is 0.747. The normalized spacial score (nSPS) is 18.1. The van der Waals surface area contributed by atoms with E-state index in [0.29, 0.717) is 19.6 Å². The highest BCUT2D eigenvalue weighted by Gasteiger charge is 2.27. The second kappa shape index (κ2) is 8.47. The maximum atomic E-state index is 9.27. The molecule has 0 fully saturated rings. The molecule has 0 radical (unpaired) electrons. The number of nitriles is 1. The minimum absolute atomic E-state index is 0.0244. The molecule has 0 aromatic carbocycles. The molecule has 1 N–H and O–H groups in total. The molecule has 0 saturated heterocycles. The molecule has 18 heavy (non-hydrogen) atoms. The van der Waals surface area contributed by atoms with E-state index in [4.69, 9.17) is 9.47 Å². The van der Waals surface area contributed by atoms with Crippen molar-refractivity contribution in [2.45, 2.75) is 71.8 Å². The van der Waals surface area contributed by atoms with E-state index in [1.807, 2.05) is 41.5 Å². The third-order valence-electron chi connectivity index (χ3n) is 2.57. The summed E-state index contributed by atoms with van der Waals surface area (Å²) in [5.74, 6) is 0. The summed E-state index contributed by atoms with van der Waals surface area (Å²) in [6, 6.07) is 2.62. The van der Waals surface area contributed by atoms with Crippen molar-refractivity contribution in [2.24, 2.45) is 0 Å². The topological polar surface area (TPSA) is 54.3 Å². The number of hydrogen-bond acceptors (Lipinski definition) is 4. The summed E-state index contributed by atoms with van der Waals surface area (Å²) in [5.41, 5.74) is -0.543. The SMILES string of the molecule is CCOCC(C)OC(C)CC(C)(C#N)NC(C)C. The molecule has 0 spiro atoms. The first-order chi connectivity index (χ1) is 8.33. The van der Waals surface area contributed by atoms with Crippen LogP contribution in [0.1, 0.15) is 48.0 Å². The van der Waals surface area contributed by atoms with Crippen molar-refractivity contribution in [1.82, 2.24) is 5.32 Å². The van der Waals surface area contributed by atoms with Crippen molar-refractivity contribution in [3.05, 3.63) is 0 Å². The number of hydrogen-bond donors (Lipinski definition) is 1. The lowest BCUT2D eigenvalue weighted by molar-refractivity contribution is -0.0473. The summed E-state index contributed by atoms with van der Waals surface area (Å²) < 4.78 is 11.1. The van der Waals surface area contributed by atoms with Gasteiger partial charge in [-0.25, -0.2) is 0 Å². The zero-order valence-corrected chi connectivity index (χ0v) is 12.6. The zero-order valence-electron chi connectivity index (χ0n) is 12.6. The lowest BCUT2D eigenvalue weighted by Crippen LogP contribution is -2.47. The molecule has 0 aromatic heterocycles. The minimum Gasteiger partial charge on any atom is -0.379 e. The van der Waals surface area contributed by atoms with Gasteiger partial charge >= 0.3 is 0 Å². The second-order valence-corrected chi connectivity index (χ2v) is 5.36. The first-order valence-corrected chi connectivity index (χ1v) is 6.75. The number of rotatable bonds is 9. The van der Waals surface area contributed by atoms with Crippen molar-refractivity contribution in [3.63, 3.8) is 0 Å². The molecule has 106 valence electrons. The summed E-state index contributed by atoms with van der Waals surface area (Å²) in [4.78, 5) is 0. The Hall–Kier alpha value is -0.630. The van der Waals surface area contributed by atoms with Crippen molar-refractivity contribution >= 4 is 0 Å². The molecule has 0 aromatic rings. The zero-order chi connectivity index (χ0) is 14.2. The summed E-state index contributed by atoms with van der Waals surface area (Å²) in [7, 11) is 0. The van der Waals surface area contributed by atoms with E-state index in [1.165, 1.54) is 0 Å². The van der Waals surface area contributed by atoms with Crippen molar-refractivity contribution in [1.29, 1.82) is 5.26 Å². The van der Waals surface area contributed by atoms with Gasteiger partial charge in [-0.3, -0.25) is 5.32 Å². The lowest BCUT2D eigenvalue weighted by Gasteiger charge is -2.30. The van der Waals surface area contributed by atoms with Gasteiger partial charge in [-0.2, -0.15) is 5.26 Å². The molecule has 4 nitrogen and oxygen atoms in total. The Morgan fingerprint density at radius 3 is 2.28 bits per heavy atom. The molecule has 4 heteroatoms. The number of nitrogens with one attached hydrogen (secondary N) is 1. The van der Waals surface area contributed by atoms with Gasteiger partial charge < -0.3 is 9.47 Å². The number of ether oxygens (including phenoxy) is 2. The molecule has 3 atom stereocenters. The third kappa shape index (κ3) is 7.65. The summed E-state index contributed by atoms with van der Waals surface area (Å²) >= 11 is 0. The fourth-order valence-corrected chi connectivity index (χ4v) is 2.12. The van der Waals surface area contributed by atoms with Crippen LogP contribution >= 0.6 is 0 Å². The molecule has 0 heterocycles. The highest BCUT2D eigenvalue weighted by atomic mass is 16.5. The Morgan fingerprint density at radius 1 is 1.22 bits per heavy atom. The van der Waals surface area contributed by atoms with E-state index >= 15 is 0 Å². The molecule has 3 unspecified atom stereocenters. The molecule has 0 aliphatic carbocycles. The van der Waals surface area contributed by atoms with Gasteiger partial charge in [-0.1, -0.05) is 0 Å². The van der Waals surface area contributed by atoms with Crippen LogP contribution in [0.4, 0.5) is 0 Å². The van der Waals surface area contributed by atoms with Gasteiger partial charge in [0, 0.05) is 19.1 Å². The van der Waals surface area contributed by atoms with Crippen LogP contribution < -0.4 is 5.32 Å². The second-order valence-electron chi connectivity index (χ2n) is 5.36. The third-order valence-corrected chi connectivity index (χ3v) is 2.57. The van der Waals surface area contributed by atoms with Crippen molar-refractivity contribution < 1.29 is 9.47 Å². The molecule has 0 bridgehead atoms. The van der Waals surface area contributed by atoms with Crippen molar-refractivity contribution in [2.75, 3.05) is 13.2 Å². The van der Waals surface area contributed by atoms with Crippen LogP contribution in [0.25, 0.3) is 0 Å². The van der Waals surface area contributed by atoms with E-state index in [9.17, 15) is 5.26 Å². The molecular weight excluding hydrogens is 228 g/mol. The van der Waals surface area contributed by atoms with Crippen LogP contribution in [0.5, 0.6) is 0 Å². The van der Waals surface area contributed by atoms with E-state index in [0.717, 1.165) is 0 Å². The molecule has 0 rings (SSSR count). The van der Waals surface area contributed by atoms with Gasteiger partial charge in [0.1, 0.15) is 5.54 Å². The quantitative estimate of drug-likeness (QED) is 0.688. The van der Waals surface area contributed by atoms with Gasteiger partial charge in [-0.05, 0) is 41.5 Å². The van der Waals surface area contributed by atoms with Gasteiger partial charge in [0.2, 0.25) is 0 Å². The average Bonchev–Trinajstić information content (AvgIpc) is 2.24. The fourth-order valence-electron chi connectivity index (χ4n) is 2.12. The Morgan fingerprint density at radius 2 is 1.83 bits per heavy atom. The predicted molar refractivity (Wildman–Crippen MR) is 73.4 cm³/mol. The monoisotopic (exact) mass is 256 g/mol. The first kappa shape index (κ1) is 17.4. The minimum atomic E-state index is -0.543. The summed E-state index contributed by atoms with van der Waals surface area (Å²) in [5, 5.41) is 12.5. The van der Waals surface area contributed by atoms with E-state index in [-0.39, 0.29) is 18.2 Å². The van der Waals surface area contributed by atoms with E-state index < -0.39 is 5.54 Å². The highest BCUT2D eigenvalue weighted by Crippen LogP contribution is 2.16. The smallest absolute Gasteiger partial charge is 0.106 e. The predicted octanol–water partition coefficient (Wildman–Crippen LogP) is 2.49. The Bertz CT molecular complexity index is 263. The highest BCUT2D eigenvalue weighted by molar-refractivity contribution is 5.05. The largest absolute Gasteiger partial charge is 0.379 e. The molecular formula is C14H28N2O2. The van der Waals surface area contributed by atoms with Gasteiger partial charge in [0.25, 0.3) is 0 Å². The lowest BCUT2D eigenvalue weighted by atomic mass is 9.95. The maximum Gasteiger partial charge on any atom is 0.106 e. The van der Waals surface area contributed by atoms with Crippen LogP contribution in [0.2, 0.25) is 0 Å². The van der Waals surface area contributed by atoms with Crippen LogP contribution in [-0.2, 0) is 9.47 Å². The average molecular weight is 256 g/mol. The van der Waals surface area contributed by atoms with E-state index in [2.05, 4.69) is 11.4 Å². The molecule has 0 aliphatic rings. The van der Waals surface area contributed by atoms with Gasteiger partial charge in [-0.15, -0.1) is 0 Å². The molecule has 0 aliphatic heterocycles. The maximum absolute atomic E-state index is 9.27. The molecule has 0 saturated carbocycles. The number of nitrogens with zero attached hydrogens (tertiary/aromatic N) is 1. The van der Waals surface area contributed by atoms with Gasteiger partial charge in [0.15, 0.2) is 0 Å². The Labute approximate surface area is 112 Å². The van der Waals surface area contributed by atoms with Crippen LogP contribution in [0, 0.1) is 11.3 Å². The van der Waals surface area contributed by atoms with E-state index in [1.54, 1.807) is 0 Å².